The molecule has 2 saturated carbocycles. The smallest absolute Gasteiger partial charge is 0.307 e. The number of amides is 2. The van der Waals surface area contributed by atoms with Crippen LogP contribution in [-0.2, 0) is 33.3 Å². The van der Waals surface area contributed by atoms with Crippen LogP contribution in [0.25, 0.3) is 0 Å². The Kier molecular flexibility index (Phi) is 18.4. The summed E-state index contributed by atoms with van der Waals surface area (Å²) >= 11 is 5.27. The lowest BCUT2D eigenvalue weighted by molar-refractivity contribution is -0.177. The van der Waals surface area contributed by atoms with Gasteiger partial charge < -0.3 is 39.8 Å². The van der Waals surface area contributed by atoms with E-state index in [1.165, 1.54) is 97.0 Å². The van der Waals surface area contributed by atoms with Gasteiger partial charge in [0, 0.05) is 54.4 Å². The molecule has 364 valence electrons. The Bertz CT molecular complexity index is 1440. The van der Waals surface area contributed by atoms with Crippen molar-refractivity contribution < 1.29 is 33.3 Å². The molecule has 4 spiro atoms. The Morgan fingerprint density at radius 1 is 0.619 bits per heavy atom. The van der Waals surface area contributed by atoms with E-state index >= 15 is 0 Å². The summed E-state index contributed by atoms with van der Waals surface area (Å²) in [7, 11) is 1.41. The molecule has 11 nitrogen and oxygen atoms in total. The van der Waals surface area contributed by atoms with Crippen molar-refractivity contribution in [3.8, 4) is 0 Å². The monoisotopic (exact) mass is 907 g/mol. The molecular weight excluding hydrogens is 816 g/mol. The van der Waals surface area contributed by atoms with Gasteiger partial charge in [0.1, 0.15) is 11.4 Å². The quantitative estimate of drug-likeness (QED) is 0.143. The number of ether oxygens (including phenoxy) is 4. The third-order valence-electron chi connectivity index (χ3n) is 14.6. The van der Waals surface area contributed by atoms with Gasteiger partial charge in [-0.25, -0.2) is 0 Å². The van der Waals surface area contributed by atoms with Gasteiger partial charge >= 0.3 is 5.97 Å². The molecule has 1 unspecified atom stereocenters. The highest BCUT2D eigenvalue weighted by atomic mass is 35.5. The van der Waals surface area contributed by atoms with E-state index < -0.39 is 22.7 Å². The van der Waals surface area contributed by atoms with E-state index in [1.807, 2.05) is 4.90 Å². The summed E-state index contributed by atoms with van der Waals surface area (Å²) in [6, 6.07) is 0. The predicted molar refractivity (Wildman–Crippen MR) is 253 cm³/mol. The number of alkyl halides is 1. The van der Waals surface area contributed by atoms with Gasteiger partial charge in [-0.3, -0.25) is 14.4 Å². The van der Waals surface area contributed by atoms with Crippen molar-refractivity contribution >= 4 is 29.4 Å². The molecule has 7 rings (SSSR count). The van der Waals surface area contributed by atoms with Crippen molar-refractivity contribution in [2.45, 2.75) is 280 Å². The lowest BCUT2D eigenvalue weighted by Gasteiger charge is -2.50. The fourth-order valence-electron chi connectivity index (χ4n) is 12.8. The van der Waals surface area contributed by atoms with E-state index in [1.54, 1.807) is 0 Å². The first-order valence-electron chi connectivity index (χ1n) is 25.5. The first kappa shape index (κ1) is 52.5. The summed E-state index contributed by atoms with van der Waals surface area (Å²) in [6.45, 7) is 18.7. The zero-order chi connectivity index (χ0) is 46.0. The summed E-state index contributed by atoms with van der Waals surface area (Å²) in [5, 5.41) is 10.8. The van der Waals surface area contributed by atoms with E-state index in [9.17, 15) is 14.4 Å². The van der Waals surface area contributed by atoms with Crippen molar-refractivity contribution in [3.05, 3.63) is 0 Å². The van der Waals surface area contributed by atoms with Gasteiger partial charge in [-0.1, -0.05) is 89.9 Å². The van der Waals surface area contributed by atoms with Crippen LogP contribution < -0.4 is 16.0 Å². The zero-order valence-corrected chi connectivity index (χ0v) is 42.2. The lowest BCUT2D eigenvalue weighted by atomic mass is 9.72. The Labute approximate surface area is 388 Å². The average molecular weight is 908 g/mol. The number of rotatable bonds is 4. The molecule has 7 aliphatic rings. The standard InChI is InChI=1S/C26H46N2O4.C22H40N2O2.C3H5ClO/c1-23(2)19-25(20-24(3,4)27-23)22(30)28(18-15-21(29)31-5)26(32-25)16-13-11-9-7-6-8-10-12-14-17-26;1-19(2)16-21(17-20(3,4)24-19)18(25)23-22(26-21)14-12-10-8-6-5-7-9-11-13-15-22;4-1-3-2-5-3/h27H,6-20H2,1-5H3;24H,5-17H2,1-4H3,(H,23,25);3H,1-2H2. The van der Waals surface area contributed by atoms with Crippen molar-refractivity contribution in [3.63, 3.8) is 0 Å². The maximum absolute atomic E-state index is 14.1. The number of carbonyl (C=O) groups is 3. The number of hydrogen-bond acceptors (Lipinski definition) is 9. The predicted octanol–water partition coefficient (Wildman–Crippen LogP) is 10.5. The minimum absolute atomic E-state index is 0.0798. The molecule has 5 aliphatic heterocycles. The van der Waals surface area contributed by atoms with Gasteiger partial charge in [0.15, 0.2) is 11.2 Å². The van der Waals surface area contributed by atoms with Crippen LogP contribution in [0.1, 0.15) is 229 Å². The third kappa shape index (κ3) is 15.0. The number of methoxy groups -OCH3 is 1. The molecule has 0 radical (unpaired) electrons. The summed E-state index contributed by atoms with van der Waals surface area (Å²) in [5.74, 6) is 0.608. The highest BCUT2D eigenvalue weighted by Crippen LogP contribution is 2.51. The van der Waals surface area contributed by atoms with E-state index in [2.05, 4.69) is 71.3 Å². The summed E-state index contributed by atoms with van der Waals surface area (Å²) in [6.07, 6.45) is 29.5. The number of halogens is 1. The molecule has 7 fully saturated rings. The summed E-state index contributed by atoms with van der Waals surface area (Å²) < 4.78 is 23.5. The molecule has 12 heteroatoms. The topological polar surface area (TPSA) is 131 Å². The second kappa shape index (κ2) is 22.1. The van der Waals surface area contributed by atoms with E-state index in [4.69, 9.17) is 30.5 Å². The Morgan fingerprint density at radius 2 is 1.00 bits per heavy atom. The number of esters is 1. The van der Waals surface area contributed by atoms with Crippen LogP contribution in [-0.4, -0.2) is 99.7 Å². The summed E-state index contributed by atoms with van der Waals surface area (Å²) in [5.41, 5.74) is -3.15. The molecule has 0 bridgehead atoms. The second-order valence-electron chi connectivity index (χ2n) is 23.3. The minimum atomic E-state index is -0.828. The van der Waals surface area contributed by atoms with Crippen LogP contribution in [0, 0.1) is 0 Å². The third-order valence-corrected chi connectivity index (χ3v) is 14.9. The molecule has 2 aliphatic carbocycles. The maximum Gasteiger partial charge on any atom is 0.307 e. The van der Waals surface area contributed by atoms with Crippen LogP contribution in [0.3, 0.4) is 0 Å². The average Bonchev–Trinajstić information content (AvgIpc) is 3.93. The highest BCUT2D eigenvalue weighted by Gasteiger charge is 2.64. The van der Waals surface area contributed by atoms with Crippen LogP contribution in [0.5, 0.6) is 0 Å². The number of epoxide rings is 1. The van der Waals surface area contributed by atoms with Crippen LogP contribution >= 0.6 is 11.6 Å². The second-order valence-corrected chi connectivity index (χ2v) is 23.6. The Morgan fingerprint density at radius 3 is 1.37 bits per heavy atom. The number of carbonyl (C=O) groups excluding carboxylic acids is 3. The van der Waals surface area contributed by atoms with Crippen LogP contribution in [0.2, 0.25) is 0 Å². The summed E-state index contributed by atoms with van der Waals surface area (Å²) in [4.78, 5) is 41.3. The molecule has 2 amide bonds. The number of piperidine rings is 2. The van der Waals surface area contributed by atoms with E-state index in [-0.39, 0.29) is 46.4 Å². The van der Waals surface area contributed by atoms with Crippen molar-refractivity contribution in [1.29, 1.82) is 0 Å². The molecule has 0 aromatic rings. The maximum atomic E-state index is 14.1. The molecule has 0 aromatic carbocycles. The molecule has 5 saturated heterocycles. The molecule has 1 atom stereocenters. The number of hydrogen-bond donors (Lipinski definition) is 3. The SMILES string of the molecule is CC1(C)CC2(CC(C)(C)N1)OC1(CCCCCCCCCCC1)NC2=O.COC(=O)CCN1C(=O)C2(CC(C)(C)NC(C)(C)C2)OC12CCCCCCCCCCC2.ClCC1CO1. The number of nitrogens with one attached hydrogen (secondary N) is 3. The molecule has 63 heavy (non-hydrogen) atoms. The fraction of sp³-hybridized carbons (Fsp3) is 0.941. The minimum Gasteiger partial charge on any atom is -0.469 e. The molecular formula is C51H91ClN4O7. The fourth-order valence-corrected chi connectivity index (χ4v) is 13.0. The van der Waals surface area contributed by atoms with Crippen LogP contribution in [0.4, 0.5) is 0 Å². The molecule has 5 heterocycles. The van der Waals surface area contributed by atoms with Gasteiger partial charge in [0.2, 0.25) is 0 Å². The largest absolute Gasteiger partial charge is 0.469 e. The van der Waals surface area contributed by atoms with E-state index in [0.717, 1.165) is 70.8 Å². The van der Waals surface area contributed by atoms with Crippen molar-refractivity contribution in [2.24, 2.45) is 0 Å². The molecule has 0 aromatic heterocycles. The van der Waals surface area contributed by atoms with E-state index in [0.29, 0.717) is 31.4 Å². The van der Waals surface area contributed by atoms with Crippen molar-refractivity contribution in [2.75, 3.05) is 26.1 Å². The van der Waals surface area contributed by atoms with Gasteiger partial charge in [-0.15, -0.1) is 11.6 Å². The van der Waals surface area contributed by atoms with Crippen molar-refractivity contribution in [1.82, 2.24) is 20.9 Å². The Balaban J connectivity index is 0.000000217. The zero-order valence-electron chi connectivity index (χ0n) is 41.5. The normalized spacial score (nSPS) is 29.6. The van der Waals surface area contributed by atoms with Gasteiger partial charge in [0.05, 0.1) is 32.1 Å². The van der Waals surface area contributed by atoms with Gasteiger partial charge in [-0.2, -0.15) is 0 Å². The van der Waals surface area contributed by atoms with Crippen LogP contribution in [0.15, 0.2) is 0 Å². The Hall–Kier alpha value is -1.50. The molecule has 3 N–H and O–H groups in total. The first-order valence-corrected chi connectivity index (χ1v) is 26.0. The lowest BCUT2D eigenvalue weighted by Crippen LogP contribution is -2.65. The van der Waals surface area contributed by atoms with Gasteiger partial charge in [0.25, 0.3) is 11.8 Å². The number of nitrogens with zero attached hydrogens (tertiary/aromatic N) is 1. The van der Waals surface area contributed by atoms with Gasteiger partial charge in [-0.05, 0) is 107 Å². The first-order chi connectivity index (χ1) is 29.6. The highest BCUT2D eigenvalue weighted by molar-refractivity contribution is 6.18.